The highest BCUT2D eigenvalue weighted by atomic mass is 16.7. The highest BCUT2D eigenvalue weighted by Gasteiger charge is 2.54. The third-order valence-corrected chi connectivity index (χ3v) is 7.62. The molecule has 4 aliphatic carbocycles. The fourth-order valence-electron chi connectivity index (χ4n) is 6.91. The normalized spacial score (nSPS) is 30.5. The van der Waals surface area contributed by atoms with Crippen molar-refractivity contribution in [2.75, 3.05) is 26.9 Å². The van der Waals surface area contributed by atoms with Gasteiger partial charge in [-0.05, 0) is 81.0 Å². The molecule has 1 amide bonds. The summed E-state index contributed by atoms with van der Waals surface area (Å²) in [5.74, 6) is 4.06. The molecule has 0 atom stereocenters. The Morgan fingerprint density at radius 1 is 1.13 bits per heavy atom. The van der Waals surface area contributed by atoms with E-state index in [-0.39, 0.29) is 18.2 Å². The van der Waals surface area contributed by atoms with Crippen LogP contribution in [0.25, 0.3) is 0 Å². The van der Waals surface area contributed by atoms with E-state index in [4.69, 9.17) is 9.47 Å². The summed E-state index contributed by atoms with van der Waals surface area (Å²) in [6.45, 7) is 1.89. The first-order valence-corrected chi connectivity index (χ1v) is 11.3. The van der Waals surface area contributed by atoms with Crippen LogP contribution in [0.1, 0.15) is 50.5 Å². The first kappa shape index (κ1) is 19.7. The van der Waals surface area contributed by atoms with Crippen molar-refractivity contribution in [1.82, 2.24) is 9.80 Å². The summed E-state index contributed by atoms with van der Waals surface area (Å²) in [5.41, 5.74) is 1.11. The van der Waals surface area contributed by atoms with Crippen LogP contribution in [0.5, 0.6) is 11.5 Å². The molecule has 4 bridgehead atoms. The molecule has 6 heteroatoms. The van der Waals surface area contributed by atoms with Gasteiger partial charge in [-0.2, -0.15) is 5.26 Å². The molecule has 0 spiro atoms. The van der Waals surface area contributed by atoms with Crippen molar-refractivity contribution in [2.45, 2.75) is 57.0 Å². The number of carbonyl (C=O) groups is 1. The molecule has 160 valence electrons. The molecular formula is C24H31N3O3. The van der Waals surface area contributed by atoms with Crippen LogP contribution in [0.3, 0.4) is 0 Å². The minimum Gasteiger partial charge on any atom is -0.454 e. The van der Waals surface area contributed by atoms with E-state index in [1.54, 1.807) is 0 Å². The maximum absolute atomic E-state index is 13.5. The molecule has 0 saturated heterocycles. The summed E-state index contributed by atoms with van der Waals surface area (Å²) < 4.78 is 10.9. The van der Waals surface area contributed by atoms with E-state index in [0.29, 0.717) is 26.1 Å². The van der Waals surface area contributed by atoms with Crippen LogP contribution in [0.15, 0.2) is 18.2 Å². The summed E-state index contributed by atoms with van der Waals surface area (Å²) in [5, 5.41) is 9.21. The largest absolute Gasteiger partial charge is 0.454 e. The average Bonchev–Trinajstić information content (AvgIpc) is 3.14. The molecule has 5 aliphatic rings. The maximum atomic E-state index is 13.5. The summed E-state index contributed by atoms with van der Waals surface area (Å²) in [4.78, 5) is 17.7. The molecule has 6 rings (SSSR count). The molecule has 0 aromatic heterocycles. The first-order chi connectivity index (χ1) is 14.5. The number of hydrogen-bond acceptors (Lipinski definition) is 5. The number of ether oxygens (including phenoxy) is 2. The molecule has 30 heavy (non-hydrogen) atoms. The van der Waals surface area contributed by atoms with Gasteiger partial charge < -0.3 is 14.4 Å². The van der Waals surface area contributed by atoms with Gasteiger partial charge in [-0.3, -0.25) is 9.69 Å². The third kappa shape index (κ3) is 3.65. The van der Waals surface area contributed by atoms with Gasteiger partial charge in [0.1, 0.15) is 0 Å². The zero-order chi connectivity index (χ0) is 20.7. The Morgan fingerprint density at radius 2 is 1.80 bits per heavy atom. The molecule has 6 nitrogen and oxygen atoms in total. The fourth-order valence-corrected chi connectivity index (χ4v) is 6.91. The van der Waals surface area contributed by atoms with Crippen LogP contribution in [-0.2, 0) is 11.3 Å². The molecule has 1 aliphatic heterocycles. The van der Waals surface area contributed by atoms with Crippen LogP contribution in [-0.4, -0.2) is 48.2 Å². The maximum Gasteiger partial charge on any atom is 0.237 e. The molecule has 4 fully saturated rings. The highest BCUT2D eigenvalue weighted by molar-refractivity contribution is 5.79. The van der Waals surface area contributed by atoms with Gasteiger partial charge in [0.25, 0.3) is 0 Å². The van der Waals surface area contributed by atoms with E-state index in [2.05, 4.69) is 15.9 Å². The Hall–Kier alpha value is -2.26. The van der Waals surface area contributed by atoms with Crippen LogP contribution in [0.4, 0.5) is 0 Å². The lowest BCUT2D eigenvalue weighted by atomic mass is 9.52. The predicted molar refractivity (Wildman–Crippen MR) is 112 cm³/mol. The van der Waals surface area contributed by atoms with Crippen molar-refractivity contribution in [3.8, 4) is 17.6 Å². The van der Waals surface area contributed by atoms with Crippen LogP contribution < -0.4 is 9.47 Å². The zero-order valence-corrected chi connectivity index (χ0v) is 17.8. The smallest absolute Gasteiger partial charge is 0.237 e. The Labute approximate surface area is 178 Å². The van der Waals surface area contributed by atoms with Gasteiger partial charge in [-0.25, -0.2) is 0 Å². The van der Waals surface area contributed by atoms with E-state index >= 15 is 0 Å². The second-order valence-electron chi connectivity index (χ2n) is 9.96. The molecule has 1 aromatic carbocycles. The van der Waals surface area contributed by atoms with Crippen LogP contribution in [0.2, 0.25) is 0 Å². The van der Waals surface area contributed by atoms with E-state index in [1.165, 1.54) is 19.3 Å². The van der Waals surface area contributed by atoms with Crippen molar-refractivity contribution in [3.05, 3.63) is 23.8 Å². The van der Waals surface area contributed by atoms with Crippen molar-refractivity contribution < 1.29 is 14.3 Å². The van der Waals surface area contributed by atoms with Gasteiger partial charge in [-0.1, -0.05) is 6.07 Å². The SMILES string of the molecule is CN(CC(=O)N(CCC#N)C12CC3CC(CC(C3)C1)C2)Cc1ccc2c(c1)OCO2. The number of amides is 1. The lowest BCUT2D eigenvalue weighted by molar-refractivity contribution is -0.151. The monoisotopic (exact) mass is 409 g/mol. The van der Waals surface area contributed by atoms with Gasteiger partial charge in [0.2, 0.25) is 12.7 Å². The van der Waals surface area contributed by atoms with Crippen molar-refractivity contribution in [1.29, 1.82) is 5.26 Å². The Bertz CT molecular complexity index is 826. The van der Waals surface area contributed by atoms with Crippen LogP contribution >= 0.6 is 0 Å². The highest BCUT2D eigenvalue weighted by Crippen LogP contribution is 2.57. The van der Waals surface area contributed by atoms with Gasteiger partial charge in [-0.15, -0.1) is 0 Å². The van der Waals surface area contributed by atoms with E-state index in [0.717, 1.165) is 54.1 Å². The van der Waals surface area contributed by atoms with Crippen molar-refractivity contribution in [3.63, 3.8) is 0 Å². The second kappa shape index (κ2) is 7.77. The minimum absolute atomic E-state index is 0.00225. The second-order valence-corrected chi connectivity index (χ2v) is 9.96. The molecule has 4 saturated carbocycles. The molecular weight excluding hydrogens is 378 g/mol. The Kier molecular flexibility index (Phi) is 5.10. The predicted octanol–water partition coefficient (Wildman–Crippen LogP) is 3.56. The van der Waals surface area contributed by atoms with Gasteiger partial charge in [0, 0.05) is 18.6 Å². The number of nitriles is 1. The van der Waals surface area contributed by atoms with E-state index in [1.807, 2.05) is 25.2 Å². The number of hydrogen-bond donors (Lipinski definition) is 0. The summed E-state index contributed by atoms with van der Waals surface area (Å²) in [7, 11) is 1.99. The molecule has 1 heterocycles. The third-order valence-electron chi connectivity index (χ3n) is 7.62. The number of benzene rings is 1. The lowest BCUT2D eigenvalue weighted by Crippen LogP contribution is -2.62. The van der Waals surface area contributed by atoms with Gasteiger partial charge in [0.05, 0.1) is 19.0 Å². The number of carbonyl (C=O) groups excluding carboxylic acids is 1. The summed E-state index contributed by atoms with van der Waals surface area (Å²) in [6.07, 6.45) is 7.89. The molecule has 0 N–H and O–H groups in total. The number of fused-ring (bicyclic) bond motifs is 1. The summed E-state index contributed by atoms with van der Waals surface area (Å²) >= 11 is 0. The zero-order valence-electron chi connectivity index (χ0n) is 17.8. The van der Waals surface area contributed by atoms with Gasteiger partial charge >= 0.3 is 0 Å². The molecule has 0 radical (unpaired) electrons. The van der Waals surface area contributed by atoms with Crippen LogP contribution in [0, 0.1) is 29.1 Å². The van der Waals surface area contributed by atoms with Crippen molar-refractivity contribution in [2.24, 2.45) is 17.8 Å². The lowest BCUT2D eigenvalue weighted by Gasteiger charge is -2.60. The quantitative estimate of drug-likeness (QED) is 0.689. The Morgan fingerprint density at radius 3 is 2.47 bits per heavy atom. The van der Waals surface area contributed by atoms with Crippen molar-refractivity contribution >= 4 is 5.91 Å². The number of nitrogens with zero attached hydrogens (tertiary/aromatic N) is 3. The molecule has 1 aromatic rings. The van der Waals surface area contributed by atoms with E-state index in [9.17, 15) is 10.1 Å². The topological polar surface area (TPSA) is 65.8 Å². The molecule has 0 unspecified atom stereocenters. The summed E-state index contributed by atoms with van der Waals surface area (Å²) in [6, 6.07) is 8.23. The Balaban J connectivity index is 1.28. The van der Waals surface area contributed by atoms with Gasteiger partial charge in [0.15, 0.2) is 11.5 Å². The standard InChI is InChI=1S/C24H31N3O3/c1-26(14-17-3-4-21-22(10-17)30-16-29-21)15-23(28)27(6-2-5-25)24-11-18-7-19(12-24)9-20(8-18)13-24/h3-4,10,18-20H,2,6-9,11-16H2,1H3. The number of likely N-dealkylation sites (N-methyl/N-ethyl adjacent to an activating group) is 1. The fraction of sp³-hybridized carbons (Fsp3) is 0.667. The minimum atomic E-state index is 0.00225. The number of rotatable bonds is 7. The van der Waals surface area contributed by atoms with E-state index < -0.39 is 0 Å². The average molecular weight is 410 g/mol. The first-order valence-electron chi connectivity index (χ1n) is 11.3.